The minimum absolute atomic E-state index is 0.0615. The van der Waals surface area contributed by atoms with Gasteiger partial charge in [0, 0.05) is 41.1 Å². The highest BCUT2D eigenvalue weighted by molar-refractivity contribution is 6.31. The number of hydrogen-bond acceptors (Lipinski definition) is 4. The lowest BCUT2D eigenvalue weighted by Crippen LogP contribution is -2.62. The monoisotopic (exact) mass is 595 g/mol. The van der Waals surface area contributed by atoms with Gasteiger partial charge in [-0.15, -0.1) is 0 Å². The Hall–Kier alpha value is -2.33. The van der Waals surface area contributed by atoms with Crippen molar-refractivity contribution in [3.63, 3.8) is 0 Å². The van der Waals surface area contributed by atoms with Crippen molar-refractivity contribution < 1.29 is 27.9 Å². The summed E-state index contributed by atoms with van der Waals surface area (Å²) in [6.07, 6.45) is 0.604. The molecule has 0 unspecified atom stereocenters. The molecule has 11 heteroatoms. The van der Waals surface area contributed by atoms with E-state index in [2.05, 4.69) is 16.0 Å². The molecule has 3 fully saturated rings. The number of anilines is 1. The number of nitrogens with one attached hydrogen (secondary N) is 3. The Morgan fingerprint density at radius 1 is 1.02 bits per heavy atom. The Labute approximate surface area is 240 Å². The number of rotatable bonds is 3. The molecule has 0 bridgehead atoms. The SMILES string of the molecule is O=C(N[C@H]1CC[C@H](O)CC1)[C@@H]1NC2(CCC(F)(F)CC2)[C@@]2(C(=O)Nc3cc(Cl)ccc32)[C@H]1c1cccc(Cl)c1F. The molecule has 1 saturated heterocycles. The molecule has 2 amide bonds. The number of carbonyl (C=O) groups excluding carboxylic acids is 2. The van der Waals surface area contributed by atoms with Crippen molar-refractivity contribution >= 4 is 40.7 Å². The smallest absolute Gasteiger partial charge is 0.248 e. The van der Waals surface area contributed by atoms with Gasteiger partial charge in [0.15, 0.2) is 0 Å². The number of alkyl halides is 2. The molecular formula is C29H30Cl2F3N3O3. The summed E-state index contributed by atoms with van der Waals surface area (Å²) in [7, 11) is 0. The highest BCUT2D eigenvalue weighted by atomic mass is 35.5. The van der Waals surface area contributed by atoms with E-state index in [4.69, 9.17) is 23.2 Å². The molecule has 4 aliphatic rings. The van der Waals surface area contributed by atoms with Crippen LogP contribution in [0.3, 0.4) is 0 Å². The van der Waals surface area contributed by atoms with Crippen LogP contribution in [0.25, 0.3) is 0 Å². The first-order chi connectivity index (χ1) is 19.0. The highest BCUT2D eigenvalue weighted by Crippen LogP contribution is 2.63. The highest BCUT2D eigenvalue weighted by Gasteiger charge is 2.73. The van der Waals surface area contributed by atoms with Gasteiger partial charge in [-0.1, -0.05) is 41.4 Å². The molecule has 2 saturated carbocycles. The van der Waals surface area contributed by atoms with Gasteiger partial charge in [-0.2, -0.15) is 0 Å². The molecule has 2 aromatic rings. The number of halogens is 5. The molecular weight excluding hydrogens is 566 g/mol. The molecule has 0 radical (unpaired) electrons. The van der Waals surface area contributed by atoms with E-state index in [-0.39, 0.29) is 29.5 Å². The average molecular weight is 596 g/mol. The van der Waals surface area contributed by atoms with E-state index in [1.54, 1.807) is 24.3 Å². The number of aliphatic hydroxyl groups is 1. The summed E-state index contributed by atoms with van der Waals surface area (Å²) in [6, 6.07) is 7.97. The Bertz CT molecular complexity index is 1360. The van der Waals surface area contributed by atoms with Crippen molar-refractivity contribution in [3.05, 3.63) is 63.4 Å². The average Bonchev–Trinajstić information content (AvgIpc) is 3.37. The summed E-state index contributed by atoms with van der Waals surface area (Å²) in [5.41, 5.74) is -1.92. The first-order valence-electron chi connectivity index (χ1n) is 13.7. The van der Waals surface area contributed by atoms with Crippen LogP contribution in [0.4, 0.5) is 18.9 Å². The maximum atomic E-state index is 15.9. The molecule has 214 valence electrons. The number of carbonyl (C=O) groups is 2. The fourth-order valence-corrected chi connectivity index (χ4v) is 7.97. The van der Waals surface area contributed by atoms with Crippen LogP contribution in [0.15, 0.2) is 36.4 Å². The molecule has 3 atom stereocenters. The van der Waals surface area contributed by atoms with Crippen molar-refractivity contribution in [2.75, 3.05) is 5.32 Å². The zero-order valence-electron chi connectivity index (χ0n) is 21.6. The van der Waals surface area contributed by atoms with Crippen LogP contribution in [-0.2, 0) is 15.0 Å². The maximum absolute atomic E-state index is 15.9. The second-order valence-electron chi connectivity index (χ2n) is 11.6. The van der Waals surface area contributed by atoms with Gasteiger partial charge in [-0.3, -0.25) is 14.9 Å². The molecule has 40 heavy (non-hydrogen) atoms. The van der Waals surface area contributed by atoms with Crippen molar-refractivity contribution in [2.24, 2.45) is 0 Å². The van der Waals surface area contributed by atoms with Crippen LogP contribution in [0.1, 0.15) is 68.4 Å². The third-order valence-corrected chi connectivity index (χ3v) is 10.0. The third-order valence-electron chi connectivity index (χ3n) is 9.48. The summed E-state index contributed by atoms with van der Waals surface area (Å²) in [6.45, 7) is 0. The minimum Gasteiger partial charge on any atom is -0.393 e. The zero-order chi connectivity index (χ0) is 28.4. The lowest BCUT2D eigenvalue weighted by atomic mass is 9.55. The van der Waals surface area contributed by atoms with Crippen LogP contribution < -0.4 is 16.0 Å². The van der Waals surface area contributed by atoms with Gasteiger partial charge >= 0.3 is 0 Å². The number of fused-ring (bicyclic) bond motifs is 3. The molecule has 6 nitrogen and oxygen atoms in total. The van der Waals surface area contributed by atoms with Crippen LogP contribution in [0.5, 0.6) is 0 Å². The Balaban J connectivity index is 1.54. The van der Waals surface area contributed by atoms with Gasteiger partial charge in [0.1, 0.15) is 11.2 Å². The fourth-order valence-electron chi connectivity index (χ4n) is 7.62. The summed E-state index contributed by atoms with van der Waals surface area (Å²) >= 11 is 12.5. The number of amides is 2. The summed E-state index contributed by atoms with van der Waals surface area (Å²) in [4.78, 5) is 28.3. The number of aliphatic hydroxyl groups excluding tert-OH is 1. The van der Waals surface area contributed by atoms with E-state index in [9.17, 15) is 23.5 Å². The van der Waals surface area contributed by atoms with Crippen molar-refractivity contribution in [3.8, 4) is 0 Å². The van der Waals surface area contributed by atoms with Crippen molar-refractivity contribution in [2.45, 2.75) is 92.3 Å². The summed E-state index contributed by atoms with van der Waals surface area (Å²) in [5, 5.41) is 19.4. The van der Waals surface area contributed by atoms with Gasteiger partial charge in [0.05, 0.1) is 17.2 Å². The summed E-state index contributed by atoms with van der Waals surface area (Å²) < 4.78 is 45.0. The van der Waals surface area contributed by atoms with E-state index in [0.29, 0.717) is 42.0 Å². The van der Waals surface area contributed by atoms with Crippen LogP contribution in [0.2, 0.25) is 10.0 Å². The molecule has 6 rings (SSSR count). The quantitative estimate of drug-likeness (QED) is 0.380. The lowest BCUT2D eigenvalue weighted by Gasteiger charge is -2.48. The third kappa shape index (κ3) is 4.23. The molecule has 2 aliphatic heterocycles. The second-order valence-corrected chi connectivity index (χ2v) is 12.5. The fraction of sp³-hybridized carbons (Fsp3) is 0.517. The van der Waals surface area contributed by atoms with Crippen molar-refractivity contribution in [1.82, 2.24) is 10.6 Å². The Kier molecular flexibility index (Phi) is 6.88. The molecule has 2 aliphatic carbocycles. The van der Waals surface area contributed by atoms with Crippen molar-refractivity contribution in [1.29, 1.82) is 0 Å². The van der Waals surface area contributed by atoms with Crippen LogP contribution >= 0.6 is 23.2 Å². The number of benzene rings is 2. The largest absolute Gasteiger partial charge is 0.393 e. The molecule has 2 spiro atoms. The molecule has 2 heterocycles. The Morgan fingerprint density at radius 3 is 2.42 bits per heavy atom. The molecule has 2 aromatic carbocycles. The van der Waals surface area contributed by atoms with Crippen LogP contribution in [0, 0.1) is 5.82 Å². The Morgan fingerprint density at radius 2 is 1.73 bits per heavy atom. The van der Waals surface area contributed by atoms with E-state index in [1.165, 1.54) is 12.1 Å². The molecule has 4 N–H and O–H groups in total. The van der Waals surface area contributed by atoms with E-state index >= 15 is 4.39 Å². The lowest BCUT2D eigenvalue weighted by molar-refractivity contribution is -0.126. The van der Waals surface area contributed by atoms with Gasteiger partial charge in [-0.05, 0) is 67.9 Å². The molecule has 0 aromatic heterocycles. The van der Waals surface area contributed by atoms with E-state index in [1.807, 2.05) is 0 Å². The zero-order valence-corrected chi connectivity index (χ0v) is 23.1. The van der Waals surface area contributed by atoms with E-state index in [0.717, 1.165) is 0 Å². The number of hydrogen-bond donors (Lipinski definition) is 4. The first-order valence-corrected chi connectivity index (χ1v) is 14.4. The standard InChI is InChI=1S/C29H30Cl2F3N3O3/c30-15-4-9-19-21(14-15)36-26(40)29(19)22(18-2-1-3-20(31)23(18)32)24(25(39)35-16-5-7-17(38)8-6-16)37-27(29)10-12-28(33,34)13-11-27/h1-4,9,14,16-17,22,24,37-38H,5-8,10-13H2,(H,35,39)(H,36,40)/t16-,17-,22-,24+,29+/m0/s1. The van der Waals surface area contributed by atoms with Gasteiger partial charge in [0.25, 0.3) is 0 Å². The first kappa shape index (κ1) is 27.8. The van der Waals surface area contributed by atoms with E-state index < -0.39 is 65.4 Å². The van der Waals surface area contributed by atoms with Gasteiger partial charge < -0.3 is 15.7 Å². The van der Waals surface area contributed by atoms with Gasteiger partial charge in [0.2, 0.25) is 17.7 Å². The van der Waals surface area contributed by atoms with Gasteiger partial charge in [-0.25, -0.2) is 13.2 Å². The minimum atomic E-state index is -2.92. The maximum Gasteiger partial charge on any atom is 0.248 e. The topological polar surface area (TPSA) is 90.5 Å². The predicted octanol–water partition coefficient (Wildman–Crippen LogP) is 5.45. The van der Waals surface area contributed by atoms with Crippen LogP contribution in [-0.4, -0.2) is 46.6 Å². The second kappa shape index (κ2) is 9.89. The normalized spacial score (nSPS) is 32.2. The summed E-state index contributed by atoms with van der Waals surface area (Å²) in [5.74, 6) is -5.74. The predicted molar refractivity (Wildman–Crippen MR) is 145 cm³/mol.